The van der Waals surface area contributed by atoms with Crippen LogP contribution in [0, 0.1) is 11.8 Å². The lowest BCUT2D eigenvalue weighted by Gasteiger charge is -2.17. The average Bonchev–Trinajstić information content (AvgIpc) is 2.30. The number of carbonyl (C=O) groups excluding carboxylic acids is 2. The van der Waals surface area contributed by atoms with Crippen molar-refractivity contribution in [3.63, 3.8) is 0 Å². The van der Waals surface area contributed by atoms with Gasteiger partial charge in [0.15, 0.2) is 0 Å². The van der Waals surface area contributed by atoms with Gasteiger partial charge in [0, 0.05) is 0 Å². The number of carbonyl (C=O) groups is 2. The number of rotatable bonds is 7. The van der Waals surface area contributed by atoms with Gasteiger partial charge in [0.1, 0.15) is 0 Å². The second kappa shape index (κ2) is 8.13. The molecule has 0 aromatic rings. The van der Waals surface area contributed by atoms with E-state index >= 15 is 0 Å². The Balaban J connectivity index is 4.09. The number of ether oxygens (including phenoxy) is 2. The van der Waals surface area contributed by atoms with Crippen LogP contribution in [-0.4, -0.2) is 25.2 Å². The maximum atomic E-state index is 11.5. The van der Waals surface area contributed by atoms with E-state index in [0.717, 1.165) is 12.8 Å². The van der Waals surface area contributed by atoms with Crippen LogP contribution in [0.2, 0.25) is 0 Å². The highest BCUT2D eigenvalue weighted by molar-refractivity contribution is 5.81. The van der Waals surface area contributed by atoms with Gasteiger partial charge in [-0.1, -0.05) is 27.7 Å². The highest BCUT2D eigenvalue weighted by Gasteiger charge is 2.28. The van der Waals surface area contributed by atoms with Gasteiger partial charge in [-0.15, -0.1) is 0 Å². The summed E-state index contributed by atoms with van der Waals surface area (Å²) in [6, 6.07) is 0. The second-order valence-corrected chi connectivity index (χ2v) is 3.91. The molecule has 0 N–H and O–H groups in total. The third-order valence-electron chi connectivity index (χ3n) is 2.39. The molecule has 0 aromatic heterocycles. The van der Waals surface area contributed by atoms with E-state index in [2.05, 4.69) is 0 Å². The smallest absolute Gasteiger partial charge is 0.309 e. The zero-order chi connectivity index (χ0) is 12.6. The monoisotopic (exact) mass is 230 g/mol. The molecule has 0 saturated carbocycles. The van der Waals surface area contributed by atoms with E-state index in [4.69, 9.17) is 9.47 Å². The normalized spacial score (nSPS) is 14.0. The summed E-state index contributed by atoms with van der Waals surface area (Å²) in [4.78, 5) is 23.0. The summed E-state index contributed by atoms with van der Waals surface area (Å²) in [5.41, 5.74) is 0. The molecule has 0 heterocycles. The molecule has 94 valence electrons. The third kappa shape index (κ3) is 5.14. The molecule has 4 nitrogen and oxygen atoms in total. The molecule has 0 unspecified atom stereocenters. The quantitative estimate of drug-likeness (QED) is 0.629. The Morgan fingerprint density at radius 2 is 1.19 bits per heavy atom. The molecule has 0 bridgehead atoms. The van der Waals surface area contributed by atoms with Crippen LogP contribution in [0.15, 0.2) is 0 Å². The van der Waals surface area contributed by atoms with Crippen LogP contribution in [0.1, 0.15) is 40.5 Å². The van der Waals surface area contributed by atoms with Crippen molar-refractivity contribution < 1.29 is 19.1 Å². The van der Waals surface area contributed by atoms with E-state index in [0.29, 0.717) is 13.2 Å². The van der Waals surface area contributed by atoms with E-state index in [1.165, 1.54) is 0 Å². The van der Waals surface area contributed by atoms with E-state index in [-0.39, 0.29) is 11.9 Å². The summed E-state index contributed by atoms with van der Waals surface area (Å²) in [5.74, 6) is -1.56. The average molecular weight is 230 g/mol. The number of hydrogen-bond acceptors (Lipinski definition) is 4. The molecule has 2 atom stereocenters. The fraction of sp³-hybridized carbons (Fsp3) is 0.833. The van der Waals surface area contributed by atoms with Gasteiger partial charge in [-0.25, -0.2) is 0 Å². The second-order valence-electron chi connectivity index (χ2n) is 3.91. The van der Waals surface area contributed by atoms with Crippen LogP contribution < -0.4 is 0 Å². The van der Waals surface area contributed by atoms with E-state index in [1.807, 2.05) is 13.8 Å². The zero-order valence-electron chi connectivity index (χ0n) is 10.6. The Labute approximate surface area is 97.3 Å². The van der Waals surface area contributed by atoms with E-state index in [9.17, 15) is 9.59 Å². The SMILES string of the molecule is CCCOC(=O)[C@@H](C)[C@H](C)C(=O)OCCC. The summed E-state index contributed by atoms with van der Waals surface area (Å²) in [7, 11) is 0. The van der Waals surface area contributed by atoms with Crippen LogP contribution >= 0.6 is 0 Å². The molecule has 0 aromatic carbocycles. The van der Waals surface area contributed by atoms with Crippen LogP contribution in [0.3, 0.4) is 0 Å². The maximum absolute atomic E-state index is 11.5. The van der Waals surface area contributed by atoms with Crippen molar-refractivity contribution in [1.82, 2.24) is 0 Å². The van der Waals surface area contributed by atoms with Gasteiger partial charge >= 0.3 is 11.9 Å². The first-order valence-corrected chi connectivity index (χ1v) is 5.87. The molecule has 0 amide bonds. The molecule has 4 heteroatoms. The molecule has 0 radical (unpaired) electrons. The van der Waals surface area contributed by atoms with Crippen molar-refractivity contribution in [2.75, 3.05) is 13.2 Å². The summed E-state index contributed by atoms with van der Waals surface area (Å²) in [5, 5.41) is 0. The molecule has 0 fully saturated rings. The third-order valence-corrected chi connectivity index (χ3v) is 2.39. The van der Waals surface area contributed by atoms with Crippen molar-refractivity contribution in [3.05, 3.63) is 0 Å². The van der Waals surface area contributed by atoms with Crippen LogP contribution in [0.5, 0.6) is 0 Å². The van der Waals surface area contributed by atoms with Gasteiger partial charge in [-0.2, -0.15) is 0 Å². The Morgan fingerprint density at radius 3 is 1.44 bits per heavy atom. The van der Waals surface area contributed by atoms with Gasteiger partial charge < -0.3 is 9.47 Å². The van der Waals surface area contributed by atoms with Gasteiger partial charge in [0.05, 0.1) is 25.0 Å². The Bertz CT molecular complexity index is 201. The summed E-state index contributed by atoms with van der Waals surface area (Å²) in [6.07, 6.45) is 1.57. The van der Waals surface area contributed by atoms with Crippen molar-refractivity contribution >= 4 is 11.9 Å². The van der Waals surface area contributed by atoms with Crippen LogP contribution in [0.25, 0.3) is 0 Å². The van der Waals surface area contributed by atoms with Gasteiger partial charge in [-0.3, -0.25) is 9.59 Å². The highest BCUT2D eigenvalue weighted by atomic mass is 16.5. The van der Waals surface area contributed by atoms with Crippen molar-refractivity contribution in [3.8, 4) is 0 Å². The minimum atomic E-state index is -0.448. The van der Waals surface area contributed by atoms with E-state index < -0.39 is 11.8 Å². The first kappa shape index (κ1) is 14.9. The summed E-state index contributed by atoms with van der Waals surface area (Å²) >= 11 is 0. The zero-order valence-corrected chi connectivity index (χ0v) is 10.6. The molecule has 0 aliphatic rings. The largest absolute Gasteiger partial charge is 0.465 e. The maximum Gasteiger partial charge on any atom is 0.309 e. The van der Waals surface area contributed by atoms with Gasteiger partial charge in [-0.05, 0) is 12.8 Å². The standard InChI is InChI=1S/C12H22O4/c1-5-7-15-11(13)9(3)10(4)12(14)16-8-6-2/h9-10H,5-8H2,1-4H3/t9-,10-/m0/s1. The molecule has 0 aliphatic carbocycles. The van der Waals surface area contributed by atoms with Crippen molar-refractivity contribution in [2.45, 2.75) is 40.5 Å². The van der Waals surface area contributed by atoms with E-state index in [1.54, 1.807) is 13.8 Å². The van der Waals surface area contributed by atoms with Crippen molar-refractivity contribution in [1.29, 1.82) is 0 Å². The molecular formula is C12H22O4. The Morgan fingerprint density at radius 1 is 0.875 bits per heavy atom. The number of hydrogen-bond donors (Lipinski definition) is 0. The number of esters is 2. The lowest BCUT2D eigenvalue weighted by molar-refractivity contribution is -0.159. The minimum absolute atomic E-state index is 0.331. The predicted molar refractivity (Wildman–Crippen MR) is 60.8 cm³/mol. The summed E-state index contributed by atoms with van der Waals surface area (Å²) in [6.45, 7) is 8.04. The topological polar surface area (TPSA) is 52.6 Å². The first-order chi connectivity index (χ1) is 7.54. The fourth-order valence-electron chi connectivity index (χ4n) is 1.08. The minimum Gasteiger partial charge on any atom is -0.465 e. The lowest BCUT2D eigenvalue weighted by atomic mass is 9.96. The lowest BCUT2D eigenvalue weighted by Crippen LogP contribution is -2.28. The van der Waals surface area contributed by atoms with Gasteiger partial charge in [0.25, 0.3) is 0 Å². The summed E-state index contributed by atoms with van der Waals surface area (Å²) < 4.78 is 9.96. The molecule has 0 spiro atoms. The van der Waals surface area contributed by atoms with Crippen LogP contribution in [0.4, 0.5) is 0 Å². The Hall–Kier alpha value is -1.06. The molecular weight excluding hydrogens is 208 g/mol. The predicted octanol–water partition coefficient (Wildman–Crippen LogP) is 2.17. The molecule has 16 heavy (non-hydrogen) atoms. The molecule has 0 aliphatic heterocycles. The van der Waals surface area contributed by atoms with Gasteiger partial charge in [0.2, 0.25) is 0 Å². The molecule has 0 rings (SSSR count). The molecule has 0 saturated heterocycles. The fourth-order valence-corrected chi connectivity index (χ4v) is 1.08. The highest BCUT2D eigenvalue weighted by Crippen LogP contribution is 2.14. The Kier molecular flexibility index (Phi) is 7.60. The first-order valence-electron chi connectivity index (χ1n) is 5.87. The van der Waals surface area contributed by atoms with Crippen LogP contribution in [-0.2, 0) is 19.1 Å². The van der Waals surface area contributed by atoms with Crippen molar-refractivity contribution in [2.24, 2.45) is 11.8 Å².